The summed E-state index contributed by atoms with van der Waals surface area (Å²) >= 11 is 1.81. The maximum atomic E-state index is 6.05. The van der Waals surface area contributed by atoms with Gasteiger partial charge in [-0.15, -0.1) is 11.8 Å². The number of nitrogens with two attached hydrogens (primary N) is 1. The van der Waals surface area contributed by atoms with Crippen LogP contribution in [-0.2, 0) is 0 Å². The van der Waals surface area contributed by atoms with Crippen LogP contribution in [-0.4, -0.2) is 15.9 Å². The van der Waals surface area contributed by atoms with Gasteiger partial charge >= 0.3 is 0 Å². The highest BCUT2D eigenvalue weighted by atomic mass is 32.2. The van der Waals surface area contributed by atoms with E-state index in [-0.39, 0.29) is 6.04 Å². The molecule has 2 rings (SSSR count). The molecule has 0 spiro atoms. The van der Waals surface area contributed by atoms with Crippen LogP contribution < -0.4 is 5.73 Å². The molecule has 2 N–H and O–H groups in total. The van der Waals surface area contributed by atoms with E-state index in [0.29, 0.717) is 17.6 Å². The second-order valence-corrected chi connectivity index (χ2v) is 6.49. The summed E-state index contributed by atoms with van der Waals surface area (Å²) in [7, 11) is 0. The minimum absolute atomic E-state index is 0.189. The van der Waals surface area contributed by atoms with Gasteiger partial charge in [0.2, 0.25) is 11.7 Å². The molecule has 0 aliphatic rings. The molecule has 0 saturated heterocycles. The topological polar surface area (TPSA) is 64.9 Å². The molecule has 1 unspecified atom stereocenters. The van der Waals surface area contributed by atoms with Crippen LogP contribution in [0, 0.1) is 5.92 Å². The first-order valence-corrected chi connectivity index (χ1v) is 7.91. The minimum Gasteiger partial charge on any atom is -0.337 e. The average molecular weight is 291 g/mol. The Balaban J connectivity index is 2.11. The molecule has 5 heteroatoms. The molecular formula is C15H21N3OS. The van der Waals surface area contributed by atoms with E-state index < -0.39 is 0 Å². The van der Waals surface area contributed by atoms with E-state index in [1.807, 2.05) is 23.9 Å². The fourth-order valence-electron chi connectivity index (χ4n) is 1.98. The summed E-state index contributed by atoms with van der Waals surface area (Å²) in [6.45, 7) is 6.39. The zero-order valence-electron chi connectivity index (χ0n) is 12.2. The highest BCUT2D eigenvalue weighted by molar-refractivity contribution is 7.99. The van der Waals surface area contributed by atoms with Crippen molar-refractivity contribution in [3.8, 4) is 11.4 Å². The van der Waals surface area contributed by atoms with Gasteiger partial charge in [-0.2, -0.15) is 4.98 Å². The van der Waals surface area contributed by atoms with Crippen molar-refractivity contribution in [2.45, 2.75) is 38.1 Å². The van der Waals surface area contributed by atoms with Gasteiger partial charge in [-0.05, 0) is 42.4 Å². The van der Waals surface area contributed by atoms with Crippen LogP contribution >= 0.6 is 11.8 Å². The van der Waals surface area contributed by atoms with E-state index in [0.717, 1.165) is 17.7 Å². The Morgan fingerprint density at radius 2 is 1.95 bits per heavy atom. The molecule has 0 bridgehead atoms. The smallest absolute Gasteiger partial charge is 0.243 e. The molecule has 0 saturated carbocycles. The molecule has 0 radical (unpaired) electrons. The number of hydrogen-bond donors (Lipinski definition) is 1. The maximum Gasteiger partial charge on any atom is 0.243 e. The van der Waals surface area contributed by atoms with Gasteiger partial charge in [-0.3, -0.25) is 0 Å². The largest absolute Gasteiger partial charge is 0.337 e. The van der Waals surface area contributed by atoms with Crippen LogP contribution in [0.2, 0.25) is 0 Å². The number of benzene rings is 1. The molecule has 2 aromatic rings. The van der Waals surface area contributed by atoms with E-state index in [2.05, 4.69) is 43.0 Å². The lowest BCUT2D eigenvalue weighted by atomic mass is 10.0. The van der Waals surface area contributed by atoms with Gasteiger partial charge in [-0.25, -0.2) is 0 Å². The van der Waals surface area contributed by atoms with Crippen molar-refractivity contribution in [2.24, 2.45) is 11.7 Å². The highest BCUT2D eigenvalue weighted by Gasteiger charge is 2.16. The van der Waals surface area contributed by atoms with E-state index >= 15 is 0 Å². The van der Waals surface area contributed by atoms with Crippen LogP contribution in [0.1, 0.15) is 39.1 Å². The summed E-state index contributed by atoms with van der Waals surface area (Å²) < 4.78 is 5.27. The van der Waals surface area contributed by atoms with Crippen molar-refractivity contribution < 1.29 is 4.52 Å². The van der Waals surface area contributed by atoms with Crippen molar-refractivity contribution in [3.63, 3.8) is 0 Å². The molecule has 0 amide bonds. The Morgan fingerprint density at radius 3 is 2.55 bits per heavy atom. The summed E-state index contributed by atoms with van der Waals surface area (Å²) in [6, 6.07) is 7.99. The molecule has 1 atom stereocenters. The fourth-order valence-corrected chi connectivity index (χ4v) is 2.64. The van der Waals surface area contributed by atoms with Crippen LogP contribution in [0.5, 0.6) is 0 Å². The molecule has 0 aliphatic heterocycles. The Hall–Kier alpha value is -1.33. The van der Waals surface area contributed by atoms with Crippen molar-refractivity contribution in [2.75, 3.05) is 5.75 Å². The zero-order chi connectivity index (χ0) is 14.5. The quantitative estimate of drug-likeness (QED) is 0.818. The van der Waals surface area contributed by atoms with Gasteiger partial charge in [0.1, 0.15) is 0 Å². The molecular weight excluding hydrogens is 270 g/mol. The van der Waals surface area contributed by atoms with Gasteiger partial charge in [0.05, 0.1) is 6.04 Å². The predicted octanol–water partition coefficient (Wildman–Crippen LogP) is 3.89. The lowest BCUT2D eigenvalue weighted by molar-refractivity contribution is 0.335. The molecule has 1 aromatic carbocycles. The first kappa shape index (κ1) is 15.1. The summed E-state index contributed by atoms with van der Waals surface area (Å²) in [5, 5.41) is 4.02. The molecule has 4 nitrogen and oxygen atoms in total. The molecule has 1 aromatic heterocycles. The van der Waals surface area contributed by atoms with E-state index in [4.69, 9.17) is 10.3 Å². The Morgan fingerprint density at radius 1 is 1.25 bits per heavy atom. The van der Waals surface area contributed by atoms with Gasteiger partial charge in [0.15, 0.2) is 0 Å². The zero-order valence-corrected chi connectivity index (χ0v) is 13.0. The standard InChI is InChI=1S/C15H21N3OS/c1-4-20-12-7-5-11(6-8-12)14-17-15(19-18-14)13(16)9-10(2)3/h5-8,10,13H,4,9,16H2,1-3H3. The van der Waals surface area contributed by atoms with Gasteiger partial charge in [-0.1, -0.05) is 25.9 Å². The maximum absolute atomic E-state index is 6.05. The molecule has 20 heavy (non-hydrogen) atoms. The summed E-state index contributed by atoms with van der Waals surface area (Å²) in [4.78, 5) is 5.65. The van der Waals surface area contributed by atoms with Crippen LogP contribution in [0.4, 0.5) is 0 Å². The highest BCUT2D eigenvalue weighted by Crippen LogP contribution is 2.24. The Bertz CT molecular complexity index is 536. The number of aromatic nitrogens is 2. The van der Waals surface area contributed by atoms with Crippen molar-refractivity contribution in [1.82, 2.24) is 10.1 Å². The Kier molecular flexibility index (Phi) is 5.20. The van der Waals surface area contributed by atoms with Gasteiger partial charge in [0, 0.05) is 10.5 Å². The summed E-state index contributed by atoms with van der Waals surface area (Å²) in [6.07, 6.45) is 0.841. The van der Waals surface area contributed by atoms with Crippen molar-refractivity contribution in [3.05, 3.63) is 30.2 Å². The molecule has 0 aliphatic carbocycles. The van der Waals surface area contributed by atoms with Crippen LogP contribution in [0.3, 0.4) is 0 Å². The van der Waals surface area contributed by atoms with Crippen molar-refractivity contribution in [1.29, 1.82) is 0 Å². The SMILES string of the molecule is CCSc1ccc(-c2noc(C(N)CC(C)C)n2)cc1. The molecule has 1 heterocycles. The third-order valence-corrected chi connectivity index (χ3v) is 3.80. The lowest BCUT2D eigenvalue weighted by Gasteiger charge is -2.08. The first-order valence-electron chi connectivity index (χ1n) is 6.92. The van der Waals surface area contributed by atoms with Crippen molar-refractivity contribution >= 4 is 11.8 Å². The minimum atomic E-state index is -0.189. The number of nitrogens with zero attached hydrogens (tertiary/aromatic N) is 2. The van der Waals surface area contributed by atoms with E-state index in [1.54, 1.807) is 0 Å². The number of rotatable bonds is 6. The van der Waals surface area contributed by atoms with Gasteiger partial charge < -0.3 is 10.3 Å². The predicted molar refractivity (Wildman–Crippen MR) is 82.5 cm³/mol. The average Bonchev–Trinajstić information content (AvgIpc) is 2.89. The Labute approximate surface area is 124 Å². The second-order valence-electron chi connectivity index (χ2n) is 5.15. The van der Waals surface area contributed by atoms with E-state index in [1.165, 1.54) is 4.90 Å². The summed E-state index contributed by atoms with van der Waals surface area (Å²) in [5.41, 5.74) is 7.01. The number of thioether (sulfide) groups is 1. The second kappa shape index (κ2) is 6.90. The number of hydrogen-bond acceptors (Lipinski definition) is 5. The lowest BCUT2D eigenvalue weighted by Crippen LogP contribution is -2.13. The van der Waals surface area contributed by atoms with Crippen LogP contribution in [0.15, 0.2) is 33.7 Å². The monoisotopic (exact) mass is 291 g/mol. The third-order valence-electron chi connectivity index (χ3n) is 2.91. The molecule has 0 fully saturated rings. The summed E-state index contributed by atoms with van der Waals surface area (Å²) in [5.74, 6) is 2.69. The normalized spacial score (nSPS) is 12.8. The van der Waals surface area contributed by atoms with E-state index in [9.17, 15) is 0 Å². The first-order chi connectivity index (χ1) is 9.60. The fraction of sp³-hybridized carbons (Fsp3) is 0.467. The molecule has 108 valence electrons. The third kappa shape index (κ3) is 3.84. The van der Waals surface area contributed by atoms with Crippen LogP contribution in [0.25, 0.3) is 11.4 Å². The van der Waals surface area contributed by atoms with Gasteiger partial charge in [0.25, 0.3) is 0 Å².